The van der Waals surface area contributed by atoms with E-state index in [0.717, 1.165) is 27.9 Å². The Hall–Kier alpha value is -3.07. The summed E-state index contributed by atoms with van der Waals surface area (Å²) in [4.78, 5) is 15.3. The van der Waals surface area contributed by atoms with Crippen LogP contribution < -0.4 is 5.56 Å². The Morgan fingerprint density at radius 2 is 1.86 bits per heavy atom. The fourth-order valence-corrected chi connectivity index (χ4v) is 3.66. The minimum atomic E-state index is -0.243. The molecule has 2 aromatic heterocycles. The molecule has 1 N–H and O–H groups in total. The van der Waals surface area contributed by atoms with E-state index >= 15 is 0 Å². The first-order valence-corrected chi connectivity index (χ1v) is 9.24. The van der Waals surface area contributed by atoms with Crippen LogP contribution in [-0.4, -0.2) is 14.6 Å². The van der Waals surface area contributed by atoms with Gasteiger partial charge in [0.1, 0.15) is 5.65 Å². The number of nitrogens with zero attached hydrogens (tertiary/aromatic N) is 3. The Kier molecular flexibility index (Phi) is 4.46. The molecule has 0 unspecified atom stereocenters. The number of hydrogen-bond acceptors (Lipinski definition) is 3. The van der Waals surface area contributed by atoms with Gasteiger partial charge in [-0.25, -0.2) is 4.52 Å². The molecular formula is C21H14Cl2N4O. The highest BCUT2D eigenvalue weighted by Crippen LogP contribution is 2.33. The number of aromatic nitrogens is 3. The zero-order valence-corrected chi connectivity index (χ0v) is 16.6. The molecule has 4 rings (SSSR count). The molecular weight excluding hydrogens is 395 g/mol. The minimum Gasteiger partial charge on any atom is -0.306 e. The first-order chi connectivity index (χ1) is 13.4. The number of H-pyrrole nitrogens is 1. The number of rotatable bonds is 2. The van der Waals surface area contributed by atoms with Gasteiger partial charge in [-0.1, -0.05) is 35.3 Å². The van der Waals surface area contributed by atoms with Crippen molar-refractivity contribution in [3.05, 3.63) is 79.7 Å². The summed E-state index contributed by atoms with van der Waals surface area (Å²) in [5, 5.41) is 14.6. The van der Waals surface area contributed by atoms with Gasteiger partial charge in [-0.05, 0) is 49.2 Å². The van der Waals surface area contributed by atoms with E-state index in [1.54, 1.807) is 28.8 Å². The lowest BCUT2D eigenvalue weighted by Gasteiger charge is -2.09. The second-order valence-corrected chi connectivity index (χ2v) is 7.32. The van der Waals surface area contributed by atoms with Crippen LogP contribution in [0, 0.1) is 25.2 Å². The molecule has 0 amide bonds. The van der Waals surface area contributed by atoms with Gasteiger partial charge in [-0.3, -0.25) is 4.79 Å². The lowest BCUT2D eigenvalue weighted by Crippen LogP contribution is -2.10. The molecule has 4 aromatic rings. The van der Waals surface area contributed by atoms with Gasteiger partial charge in [0, 0.05) is 17.2 Å². The van der Waals surface area contributed by atoms with Gasteiger partial charge in [0.15, 0.2) is 0 Å². The fraction of sp³-hybridized carbons (Fsp3) is 0.0952. The second kappa shape index (κ2) is 6.83. The van der Waals surface area contributed by atoms with Gasteiger partial charge in [-0.2, -0.15) is 10.4 Å². The van der Waals surface area contributed by atoms with Crippen LogP contribution in [0.15, 0.2) is 47.3 Å². The number of fused-ring (bicyclic) bond motifs is 1. The number of hydrogen-bond donors (Lipinski definition) is 1. The van der Waals surface area contributed by atoms with Gasteiger partial charge >= 0.3 is 0 Å². The van der Waals surface area contributed by atoms with Crippen LogP contribution in [0.4, 0.5) is 0 Å². The Morgan fingerprint density at radius 1 is 1.07 bits per heavy atom. The highest BCUT2D eigenvalue weighted by Gasteiger charge is 2.18. The van der Waals surface area contributed by atoms with E-state index in [0.29, 0.717) is 26.9 Å². The molecule has 0 saturated heterocycles. The molecule has 0 atom stereocenters. The minimum absolute atomic E-state index is 0.243. The van der Waals surface area contributed by atoms with Crippen molar-refractivity contribution < 1.29 is 0 Å². The molecule has 0 fully saturated rings. The van der Waals surface area contributed by atoms with E-state index in [9.17, 15) is 4.79 Å². The molecule has 0 bridgehead atoms. The standard InChI is InChI=1S/C21H14Cl2N4O/c1-11-7-13(10-24)3-5-15(11)18-9-19(28)25-21-20(12(2)26-27(18)21)14-4-6-16(22)17(23)8-14/h3-9H,1-2H3,(H,25,28). The topological polar surface area (TPSA) is 73.9 Å². The highest BCUT2D eigenvalue weighted by atomic mass is 35.5. The third-order valence-electron chi connectivity index (χ3n) is 4.64. The maximum Gasteiger partial charge on any atom is 0.251 e. The van der Waals surface area contributed by atoms with Crippen LogP contribution in [0.5, 0.6) is 0 Å². The number of benzene rings is 2. The molecule has 28 heavy (non-hydrogen) atoms. The SMILES string of the molecule is Cc1cc(C#N)ccc1-c1cc(=O)[nH]c2c(-c3ccc(Cl)c(Cl)c3)c(C)nn12. The van der Waals surface area contributed by atoms with Gasteiger partial charge in [-0.15, -0.1) is 0 Å². The lowest BCUT2D eigenvalue weighted by atomic mass is 10.0. The van der Waals surface area contributed by atoms with Crippen LogP contribution in [0.2, 0.25) is 10.0 Å². The molecule has 0 saturated carbocycles. The summed E-state index contributed by atoms with van der Waals surface area (Å²) >= 11 is 12.2. The van der Waals surface area contributed by atoms with Gasteiger partial charge < -0.3 is 4.98 Å². The fourth-order valence-electron chi connectivity index (χ4n) is 3.36. The number of nitrogens with one attached hydrogen (secondary N) is 1. The first-order valence-electron chi connectivity index (χ1n) is 8.48. The second-order valence-electron chi connectivity index (χ2n) is 6.51. The molecule has 7 heteroatoms. The lowest BCUT2D eigenvalue weighted by molar-refractivity contribution is 0.917. The Bertz CT molecular complexity index is 1350. The van der Waals surface area contributed by atoms with Crippen molar-refractivity contribution in [1.82, 2.24) is 14.6 Å². The van der Waals surface area contributed by atoms with Crippen LogP contribution in [0.3, 0.4) is 0 Å². The molecule has 0 aliphatic carbocycles. The predicted molar refractivity (Wildman–Crippen MR) is 111 cm³/mol. The first kappa shape index (κ1) is 18.3. The van der Waals surface area contributed by atoms with Crippen molar-refractivity contribution in [3.8, 4) is 28.5 Å². The number of aryl methyl sites for hydroxylation is 2. The summed E-state index contributed by atoms with van der Waals surface area (Å²) in [5.74, 6) is 0. The summed E-state index contributed by atoms with van der Waals surface area (Å²) in [7, 11) is 0. The third kappa shape index (κ3) is 2.97. The van der Waals surface area contributed by atoms with Crippen molar-refractivity contribution in [2.75, 3.05) is 0 Å². The normalized spacial score (nSPS) is 11.0. The van der Waals surface area contributed by atoms with Crippen molar-refractivity contribution in [3.63, 3.8) is 0 Å². The summed E-state index contributed by atoms with van der Waals surface area (Å²) in [6.07, 6.45) is 0. The van der Waals surface area contributed by atoms with E-state index in [2.05, 4.69) is 16.2 Å². The average molecular weight is 409 g/mol. The van der Waals surface area contributed by atoms with Crippen LogP contribution in [0.1, 0.15) is 16.8 Å². The molecule has 138 valence electrons. The van der Waals surface area contributed by atoms with Crippen molar-refractivity contribution in [1.29, 1.82) is 5.26 Å². The molecule has 2 heterocycles. The number of aromatic amines is 1. The van der Waals surface area contributed by atoms with Crippen LogP contribution >= 0.6 is 23.2 Å². The van der Waals surface area contributed by atoms with Gasteiger partial charge in [0.2, 0.25) is 0 Å². The molecule has 0 spiro atoms. The maximum absolute atomic E-state index is 12.4. The van der Waals surface area contributed by atoms with E-state index in [1.807, 2.05) is 26.0 Å². The van der Waals surface area contributed by atoms with Gasteiger partial charge in [0.05, 0.1) is 33.1 Å². The van der Waals surface area contributed by atoms with Crippen LogP contribution in [0.25, 0.3) is 28.0 Å². The molecule has 2 aromatic carbocycles. The van der Waals surface area contributed by atoms with Gasteiger partial charge in [0.25, 0.3) is 5.56 Å². The smallest absolute Gasteiger partial charge is 0.251 e. The maximum atomic E-state index is 12.4. The molecule has 0 radical (unpaired) electrons. The molecule has 5 nitrogen and oxygen atoms in total. The van der Waals surface area contributed by atoms with E-state index in [1.165, 1.54) is 6.07 Å². The van der Waals surface area contributed by atoms with Crippen molar-refractivity contribution >= 4 is 28.8 Å². The number of halogens is 2. The van der Waals surface area contributed by atoms with Crippen LogP contribution in [-0.2, 0) is 0 Å². The zero-order valence-electron chi connectivity index (χ0n) is 15.0. The van der Waals surface area contributed by atoms with E-state index < -0.39 is 0 Å². The largest absolute Gasteiger partial charge is 0.306 e. The summed E-state index contributed by atoms with van der Waals surface area (Å²) in [6, 6.07) is 14.3. The zero-order chi connectivity index (χ0) is 20.0. The predicted octanol–water partition coefficient (Wildman–Crippen LogP) is 5.15. The molecule has 0 aliphatic heterocycles. The van der Waals surface area contributed by atoms with E-state index in [4.69, 9.17) is 28.5 Å². The van der Waals surface area contributed by atoms with Crippen molar-refractivity contribution in [2.45, 2.75) is 13.8 Å². The Morgan fingerprint density at radius 3 is 2.54 bits per heavy atom. The monoisotopic (exact) mass is 408 g/mol. The Balaban J connectivity index is 2.03. The Labute approximate surface area is 170 Å². The summed E-state index contributed by atoms with van der Waals surface area (Å²) in [6.45, 7) is 3.78. The highest BCUT2D eigenvalue weighted by molar-refractivity contribution is 6.42. The summed E-state index contributed by atoms with van der Waals surface area (Å²) < 4.78 is 1.71. The van der Waals surface area contributed by atoms with E-state index in [-0.39, 0.29) is 5.56 Å². The number of nitriles is 1. The quantitative estimate of drug-likeness (QED) is 0.498. The average Bonchev–Trinajstić information content (AvgIpc) is 2.99. The molecule has 0 aliphatic rings. The summed E-state index contributed by atoms with van der Waals surface area (Å²) in [5.41, 5.74) is 5.59. The van der Waals surface area contributed by atoms with Crippen molar-refractivity contribution in [2.24, 2.45) is 0 Å². The third-order valence-corrected chi connectivity index (χ3v) is 5.38.